The Morgan fingerprint density at radius 3 is 2.84 bits per heavy atom. The van der Waals surface area contributed by atoms with E-state index < -0.39 is 0 Å². The molecular formula is C17H27NO. The van der Waals surface area contributed by atoms with E-state index in [0.717, 1.165) is 19.5 Å². The number of aryl methyl sites for hydroxylation is 1. The molecule has 1 aromatic carbocycles. The molecule has 0 fully saturated rings. The third-order valence-electron chi connectivity index (χ3n) is 3.98. The van der Waals surface area contributed by atoms with Crippen LogP contribution in [0.3, 0.4) is 0 Å². The predicted octanol–water partition coefficient (Wildman–Crippen LogP) is 3.10. The van der Waals surface area contributed by atoms with E-state index in [4.69, 9.17) is 0 Å². The van der Waals surface area contributed by atoms with E-state index in [1.165, 1.54) is 30.4 Å². The van der Waals surface area contributed by atoms with Crippen LogP contribution < -0.4 is 5.32 Å². The average Bonchev–Trinajstić information content (AvgIpc) is 2.39. The topological polar surface area (TPSA) is 32.3 Å². The molecule has 2 N–H and O–H groups in total. The molecule has 0 amide bonds. The molecule has 0 bridgehead atoms. The molecule has 0 heterocycles. The highest BCUT2D eigenvalue weighted by atomic mass is 16.3. The summed E-state index contributed by atoms with van der Waals surface area (Å²) in [6.07, 6.45) is 4.35. The molecule has 0 aliphatic heterocycles. The molecule has 1 aromatic rings. The molecule has 19 heavy (non-hydrogen) atoms. The van der Waals surface area contributed by atoms with Crippen LogP contribution in [0.1, 0.15) is 50.2 Å². The number of hydrogen-bond acceptors (Lipinski definition) is 2. The first-order valence-electron chi connectivity index (χ1n) is 7.63. The number of aliphatic hydroxyl groups is 1. The number of fused-ring (bicyclic) bond motifs is 1. The maximum atomic E-state index is 10.2. The largest absolute Gasteiger partial charge is 0.392 e. The first kappa shape index (κ1) is 14.5. The van der Waals surface area contributed by atoms with E-state index in [0.29, 0.717) is 11.8 Å². The smallest absolute Gasteiger partial charge is 0.0670 e. The highest BCUT2D eigenvalue weighted by Gasteiger charge is 2.22. The van der Waals surface area contributed by atoms with Gasteiger partial charge in [-0.15, -0.1) is 0 Å². The van der Waals surface area contributed by atoms with E-state index in [2.05, 4.69) is 43.4 Å². The number of rotatable bonds is 6. The minimum Gasteiger partial charge on any atom is -0.392 e. The number of aliphatic hydroxyl groups excluding tert-OH is 1. The maximum absolute atomic E-state index is 10.2. The Morgan fingerprint density at radius 1 is 1.26 bits per heavy atom. The molecule has 0 radical (unpaired) electrons. The molecule has 2 heteroatoms. The summed E-state index contributed by atoms with van der Waals surface area (Å²) in [5.41, 5.74) is 2.96. The molecule has 106 valence electrons. The van der Waals surface area contributed by atoms with Crippen molar-refractivity contribution in [2.24, 2.45) is 5.92 Å². The fourth-order valence-corrected chi connectivity index (χ4v) is 3.05. The molecule has 2 rings (SSSR count). The molecule has 2 atom stereocenters. The second-order valence-corrected chi connectivity index (χ2v) is 6.23. The molecule has 0 aromatic heterocycles. The van der Waals surface area contributed by atoms with E-state index in [1.807, 2.05) is 0 Å². The molecule has 2 nitrogen and oxygen atoms in total. The van der Waals surface area contributed by atoms with Crippen LogP contribution in [0.5, 0.6) is 0 Å². The Kier molecular flexibility index (Phi) is 5.41. The first-order valence-corrected chi connectivity index (χ1v) is 7.63. The minimum absolute atomic E-state index is 0.227. The highest BCUT2D eigenvalue weighted by Crippen LogP contribution is 2.34. The van der Waals surface area contributed by atoms with Crippen molar-refractivity contribution in [3.05, 3.63) is 35.4 Å². The maximum Gasteiger partial charge on any atom is 0.0670 e. The van der Waals surface area contributed by atoms with Gasteiger partial charge in [-0.1, -0.05) is 38.1 Å². The van der Waals surface area contributed by atoms with Crippen LogP contribution in [0, 0.1) is 5.92 Å². The van der Waals surface area contributed by atoms with Gasteiger partial charge in [0.2, 0.25) is 0 Å². The highest BCUT2D eigenvalue weighted by molar-refractivity contribution is 5.32. The standard InChI is InChI=1S/C17H27NO/c1-13(2)11-18-12-16(19)10-15-8-5-7-14-6-3-4-9-17(14)15/h3-4,6,9,13,15-16,18-19H,5,7-8,10-12H2,1-2H3. The van der Waals surface area contributed by atoms with Gasteiger partial charge in [0, 0.05) is 6.54 Å². The van der Waals surface area contributed by atoms with Gasteiger partial charge < -0.3 is 10.4 Å². The normalized spacial score (nSPS) is 20.3. The summed E-state index contributed by atoms with van der Waals surface area (Å²) in [6, 6.07) is 8.74. The Hall–Kier alpha value is -0.860. The summed E-state index contributed by atoms with van der Waals surface area (Å²) in [5, 5.41) is 13.5. The van der Waals surface area contributed by atoms with Crippen molar-refractivity contribution in [1.29, 1.82) is 0 Å². The Labute approximate surface area is 117 Å². The fourth-order valence-electron chi connectivity index (χ4n) is 3.05. The average molecular weight is 261 g/mol. The van der Waals surface area contributed by atoms with E-state index >= 15 is 0 Å². The van der Waals surface area contributed by atoms with Crippen LogP contribution in [0.4, 0.5) is 0 Å². The van der Waals surface area contributed by atoms with E-state index in [9.17, 15) is 5.11 Å². The molecule has 2 unspecified atom stereocenters. The van der Waals surface area contributed by atoms with Crippen LogP contribution in [0.15, 0.2) is 24.3 Å². The van der Waals surface area contributed by atoms with Gasteiger partial charge in [-0.2, -0.15) is 0 Å². The Morgan fingerprint density at radius 2 is 2.05 bits per heavy atom. The Balaban J connectivity index is 1.86. The second-order valence-electron chi connectivity index (χ2n) is 6.23. The van der Waals surface area contributed by atoms with Gasteiger partial charge in [0.05, 0.1) is 6.10 Å². The van der Waals surface area contributed by atoms with Crippen molar-refractivity contribution in [2.45, 2.75) is 51.6 Å². The summed E-state index contributed by atoms with van der Waals surface area (Å²) in [5.74, 6) is 1.18. The van der Waals surface area contributed by atoms with Crippen molar-refractivity contribution in [2.75, 3.05) is 13.1 Å². The summed E-state index contributed by atoms with van der Waals surface area (Å²) in [6.45, 7) is 6.09. The molecule has 0 saturated carbocycles. The van der Waals surface area contributed by atoms with E-state index in [-0.39, 0.29) is 6.10 Å². The molecule has 0 spiro atoms. The van der Waals surface area contributed by atoms with Crippen LogP contribution in [0.2, 0.25) is 0 Å². The summed E-state index contributed by atoms with van der Waals surface area (Å²) >= 11 is 0. The number of nitrogens with one attached hydrogen (secondary N) is 1. The first-order chi connectivity index (χ1) is 9.16. The van der Waals surface area contributed by atoms with Gasteiger partial charge in [0.1, 0.15) is 0 Å². The van der Waals surface area contributed by atoms with Crippen LogP contribution >= 0.6 is 0 Å². The van der Waals surface area contributed by atoms with Crippen molar-refractivity contribution in [1.82, 2.24) is 5.32 Å². The third kappa shape index (κ3) is 4.32. The lowest BCUT2D eigenvalue weighted by Gasteiger charge is -2.27. The van der Waals surface area contributed by atoms with E-state index in [1.54, 1.807) is 0 Å². The Bertz CT molecular complexity index is 389. The predicted molar refractivity (Wildman–Crippen MR) is 80.5 cm³/mol. The molecule has 1 aliphatic rings. The minimum atomic E-state index is -0.227. The lowest BCUT2D eigenvalue weighted by Crippen LogP contribution is -2.31. The monoisotopic (exact) mass is 261 g/mol. The van der Waals surface area contributed by atoms with Gasteiger partial charge in [0.25, 0.3) is 0 Å². The van der Waals surface area contributed by atoms with Crippen molar-refractivity contribution < 1.29 is 5.11 Å². The SMILES string of the molecule is CC(C)CNCC(O)CC1CCCc2ccccc21. The van der Waals surface area contributed by atoms with Gasteiger partial charge in [-0.25, -0.2) is 0 Å². The lowest BCUT2D eigenvalue weighted by atomic mass is 9.80. The second kappa shape index (κ2) is 7.06. The zero-order chi connectivity index (χ0) is 13.7. The van der Waals surface area contributed by atoms with Crippen LogP contribution in [-0.4, -0.2) is 24.3 Å². The molecule has 0 saturated heterocycles. The molecule has 1 aliphatic carbocycles. The number of benzene rings is 1. The van der Waals surface area contributed by atoms with Crippen molar-refractivity contribution in [3.8, 4) is 0 Å². The zero-order valence-electron chi connectivity index (χ0n) is 12.2. The van der Waals surface area contributed by atoms with Crippen molar-refractivity contribution in [3.63, 3.8) is 0 Å². The third-order valence-corrected chi connectivity index (χ3v) is 3.98. The lowest BCUT2D eigenvalue weighted by molar-refractivity contribution is 0.148. The quantitative estimate of drug-likeness (QED) is 0.824. The van der Waals surface area contributed by atoms with Crippen LogP contribution in [0.25, 0.3) is 0 Å². The van der Waals surface area contributed by atoms with Crippen LogP contribution in [-0.2, 0) is 6.42 Å². The van der Waals surface area contributed by atoms with Gasteiger partial charge in [0.15, 0.2) is 0 Å². The summed E-state index contributed by atoms with van der Waals surface area (Å²) in [4.78, 5) is 0. The summed E-state index contributed by atoms with van der Waals surface area (Å²) in [7, 11) is 0. The number of hydrogen-bond donors (Lipinski definition) is 2. The van der Waals surface area contributed by atoms with Gasteiger partial charge in [-0.05, 0) is 55.2 Å². The van der Waals surface area contributed by atoms with Gasteiger partial charge >= 0.3 is 0 Å². The molecular weight excluding hydrogens is 234 g/mol. The fraction of sp³-hybridized carbons (Fsp3) is 0.647. The van der Waals surface area contributed by atoms with Crippen molar-refractivity contribution >= 4 is 0 Å². The van der Waals surface area contributed by atoms with Gasteiger partial charge in [-0.3, -0.25) is 0 Å². The summed E-state index contributed by atoms with van der Waals surface area (Å²) < 4.78 is 0. The zero-order valence-corrected chi connectivity index (χ0v) is 12.2.